The van der Waals surface area contributed by atoms with Gasteiger partial charge < -0.3 is 4.52 Å². The molecule has 7 nitrogen and oxygen atoms in total. The first-order chi connectivity index (χ1) is 12.3. The van der Waals surface area contributed by atoms with Crippen LogP contribution in [0.5, 0.6) is 0 Å². The monoisotopic (exact) mass is 340 g/mol. The van der Waals surface area contributed by atoms with Gasteiger partial charge >= 0.3 is 0 Å². The number of halogens is 1. The van der Waals surface area contributed by atoms with Gasteiger partial charge in [-0.3, -0.25) is 0 Å². The number of benzene rings is 1. The van der Waals surface area contributed by atoms with Crippen LogP contribution in [0.15, 0.2) is 41.2 Å². The van der Waals surface area contributed by atoms with E-state index in [0.717, 1.165) is 31.4 Å². The number of aromatic nitrogens is 6. The molecular formula is C17H17FN6O. The van der Waals surface area contributed by atoms with Crippen LogP contribution in [0, 0.1) is 5.92 Å². The van der Waals surface area contributed by atoms with E-state index in [4.69, 9.17) is 4.52 Å². The van der Waals surface area contributed by atoms with Crippen molar-refractivity contribution in [2.45, 2.75) is 32.1 Å². The largest absolute Gasteiger partial charge is 0.331 e. The van der Waals surface area contributed by atoms with E-state index in [0.29, 0.717) is 11.4 Å². The number of tetrazole rings is 1. The minimum absolute atomic E-state index is 0.0756. The molecule has 0 spiro atoms. The predicted molar refractivity (Wildman–Crippen MR) is 88.1 cm³/mol. The van der Waals surface area contributed by atoms with Gasteiger partial charge in [-0.05, 0) is 47.4 Å². The maximum atomic E-state index is 14.4. The topological polar surface area (TPSA) is 82.5 Å². The zero-order valence-corrected chi connectivity index (χ0v) is 13.5. The zero-order valence-electron chi connectivity index (χ0n) is 13.5. The summed E-state index contributed by atoms with van der Waals surface area (Å²) in [6, 6.07) is 7.32. The lowest BCUT2D eigenvalue weighted by molar-refractivity contribution is 0.392. The summed E-state index contributed by atoms with van der Waals surface area (Å²) in [4.78, 5) is 4.19. The van der Waals surface area contributed by atoms with Crippen LogP contribution in [-0.2, 0) is 0 Å². The van der Waals surface area contributed by atoms with E-state index in [1.165, 1.54) is 17.4 Å². The molecule has 128 valence electrons. The third kappa shape index (κ3) is 3.47. The van der Waals surface area contributed by atoms with Gasteiger partial charge in [0.25, 0.3) is 5.89 Å². The van der Waals surface area contributed by atoms with Crippen LogP contribution < -0.4 is 0 Å². The SMILES string of the molecule is F/C(=C/C1CCCCC1)c1nc(-c2cccc(-n3cnnn3)c2)no1. The molecule has 1 aromatic carbocycles. The molecule has 2 heterocycles. The first kappa shape index (κ1) is 15.6. The van der Waals surface area contributed by atoms with Crippen molar-refractivity contribution >= 4 is 5.83 Å². The fraction of sp³-hybridized carbons (Fsp3) is 0.353. The Kier molecular flexibility index (Phi) is 4.32. The van der Waals surface area contributed by atoms with Gasteiger partial charge in [0.2, 0.25) is 5.82 Å². The van der Waals surface area contributed by atoms with Gasteiger partial charge in [0, 0.05) is 5.56 Å². The first-order valence-corrected chi connectivity index (χ1v) is 8.35. The maximum absolute atomic E-state index is 14.4. The van der Waals surface area contributed by atoms with Crippen molar-refractivity contribution < 1.29 is 8.91 Å². The summed E-state index contributed by atoms with van der Waals surface area (Å²) in [6.07, 6.45) is 8.67. The van der Waals surface area contributed by atoms with Crippen molar-refractivity contribution in [1.82, 2.24) is 30.3 Å². The van der Waals surface area contributed by atoms with Gasteiger partial charge in [0.05, 0.1) is 5.69 Å². The highest BCUT2D eigenvalue weighted by Gasteiger charge is 2.17. The maximum Gasteiger partial charge on any atom is 0.286 e. The average molecular weight is 340 g/mol. The molecule has 1 aliphatic rings. The quantitative estimate of drug-likeness (QED) is 0.721. The Hall–Kier alpha value is -2.90. The summed E-state index contributed by atoms with van der Waals surface area (Å²) in [5.41, 5.74) is 1.46. The van der Waals surface area contributed by atoms with Crippen molar-refractivity contribution in [1.29, 1.82) is 0 Å². The fourth-order valence-corrected chi connectivity index (χ4v) is 3.08. The third-order valence-corrected chi connectivity index (χ3v) is 4.38. The van der Waals surface area contributed by atoms with Crippen molar-refractivity contribution in [2.24, 2.45) is 5.92 Å². The summed E-state index contributed by atoms with van der Waals surface area (Å²) in [5.74, 6) is 0.0695. The van der Waals surface area contributed by atoms with Crippen LogP contribution in [-0.4, -0.2) is 30.3 Å². The molecule has 0 atom stereocenters. The second kappa shape index (κ2) is 6.92. The normalized spacial score (nSPS) is 16.3. The summed E-state index contributed by atoms with van der Waals surface area (Å²) >= 11 is 0. The van der Waals surface area contributed by atoms with Gasteiger partial charge in [-0.2, -0.15) is 4.98 Å². The molecule has 1 fully saturated rings. The van der Waals surface area contributed by atoms with E-state index in [-0.39, 0.29) is 11.8 Å². The summed E-state index contributed by atoms with van der Waals surface area (Å²) in [5, 5.41) is 15.0. The average Bonchev–Trinajstić information content (AvgIpc) is 3.35. The lowest BCUT2D eigenvalue weighted by atomic mass is 9.89. The van der Waals surface area contributed by atoms with Crippen LogP contribution in [0.2, 0.25) is 0 Å². The van der Waals surface area contributed by atoms with Crippen molar-refractivity contribution in [3.63, 3.8) is 0 Å². The Balaban J connectivity index is 1.57. The molecule has 1 aliphatic carbocycles. The van der Waals surface area contributed by atoms with Gasteiger partial charge in [0.1, 0.15) is 6.33 Å². The highest BCUT2D eigenvalue weighted by molar-refractivity contribution is 5.60. The molecule has 2 aromatic heterocycles. The number of nitrogens with zero attached hydrogens (tertiary/aromatic N) is 6. The van der Waals surface area contributed by atoms with Gasteiger partial charge in [0.15, 0.2) is 5.83 Å². The van der Waals surface area contributed by atoms with Crippen LogP contribution in [0.1, 0.15) is 38.0 Å². The first-order valence-electron chi connectivity index (χ1n) is 8.35. The minimum atomic E-state index is -0.442. The molecule has 0 saturated heterocycles. The Labute approximate surface area is 143 Å². The molecule has 0 unspecified atom stereocenters. The Morgan fingerprint density at radius 3 is 2.92 bits per heavy atom. The molecule has 4 rings (SSSR count). The smallest absolute Gasteiger partial charge is 0.286 e. The van der Waals surface area contributed by atoms with Crippen molar-refractivity contribution in [2.75, 3.05) is 0 Å². The van der Waals surface area contributed by atoms with E-state index in [9.17, 15) is 4.39 Å². The number of allylic oxidation sites excluding steroid dienone is 1. The summed E-state index contributed by atoms with van der Waals surface area (Å²) < 4.78 is 21.0. The predicted octanol–water partition coefficient (Wildman–Crippen LogP) is 3.60. The van der Waals surface area contributed by atoms with Crippen molar-refractivity contribution in [3.8, 4) is 17.1 Å². The second-order valence-electron chi connectivity index (χ2n) is 6.14. The number of hydrogen-bond acceptors (Lipinski definition) is 6. The highest BCUT2D eigenvalue weighted by atomic mass is 19.1. The molecule has 3 aromatic rings. The van der Waals surface area contributed by atoms with Crippen molar-refractivity contribution in [3.05, 3.63) is 42.6 Å². The van der Waals surface area contributed by atoms with Crippen LogP contribution >= 0.6 is 0 Å². The van der Waals surface area contributed by atoms with Gasteiger partial charge in [-0.15, -0.1) is 5.10 Å². The van der Waals surface area contributed by atoms with Crippen LogP contribution in [0.3, 0.4) is 0 Å². The molecule has 0 amide bonds. The number of rotatable bonds is 4. The summed E-state index contributed by atoms with van der Waals surface area (Å²) in [7, 11) is 0. The standard InChI is InChI=1S/C17H17FN6O/c18-15(9-12-5-2-1-3-6-12)17-20-16(21-25-17)13-7-4-8-14(10-13)24-11-19-22-23-24/h4,7-12H,1-3,5-6H2/b15-9+. The van der Waals surface area contributed by atoms with E-state index in [1.54, 1.807) is 6.08 Å². The Morgan fingerprint density at radius 2 is 2.12 bits per heavy atom. The van der Waals surface area contributed by atoms with E-state index >= 15 is 0 Å². The number of hydrogen-bond donors (Lipinski definition) is 0. The lowest BCUT2D eigenvalue weighted by Crippen LogP contribution is -2.03. The third-order valence-electron chi connectivity index (χ3n) is 4.38. The fourth-order valence-electron chi connectivity index (χ4n) is 3.08. The highest BCUT2D eigenvalue weighted by Crippen LogP contribution is 2.29. The Morgan fingerprint density at radius 1 is 1.24 bits per heavy atom. The molecule has 8 heteroatoms. The van der Waals surface area contributed by atoms with Crippen LogP contribution in [0.25, 0.3) is 22.9 Å². The van der Waals surface area contributed by atoms with E-state index in [1.807, 2.05) is 24.3 Å². The van der Waals surface area contributed by atoms with Gasteiger partial charge in [-0.25, -0.2) is 9.07 Å². The van der Waals surface area contributed by atoms with E-state index < -0.39 is 5.83 Å². The zero-order chi connectivity index (χ0) is 17.1. The molecule has 0 bridgehead atoms. The molecule has 0 aliphatic heterocycles. The Bertz CT molecular complexity index is 867. The van der Waals surface area contributed by atoms with E-state index in [2.05, 4.69) is 25.7 Å². The van der Waals surface area contributed by atoms with Crippen LogP contribution in [0.4, 0.5) is 4.39 Å². The minimum Gasteiger partial charge on any atom is -0.331 e. The second-order valence-corrected chi connectivity index (χ2v) is 6.14. The molecule has 0 radical (unpaired) electrons. The molecule has 0 N–H and O–H groups in total. The molecular weight excluding hydrogens is 323 g/mol. The molecule has 25 heavy (non-hydrogen) atoms. The van der Waals surface area contributed by atoms with Gasteiger partial charge in [-0.1, -0.05) is 36.6 Å². The summed E-state index contributed by atoms with van der Waals surface area (Å²) in [6.45, 7) is 0. The lowest BCUT2D eigenvalue weighted by Gasteiger charge is -2.17. The molecule has 1 saturated carbocycles.